The number of nitrogens with zero attached hydrogens (tertiary/aromatic N) is 3. The molecule has 23 heavy (non-hydrogen) atoms. The highest BCUT2D eigenvalue weighted by Crippen LogP contribution is 2.38. The lowest BCUT2D eigenvalue weighted by Gasteiger charge is -2.15. The lowest BCUT2D eigenvalue weighted by molar-refractivity contribution is 0.0997. The van der Waals surface area contributed by atoms with E-state index in [2.05, 4.69) is 10.1 Å². The number of carbonyl (C=O) groups is 1. The first-order valence-electron chi connectivity index (χ1n) is 7.00. The molecule has 0 spiro atoms. The number of benzene rings is 1. The molecule has 0 saturated heterocycles. The summed E-state index contributed by atoms with van der Waals surface area (Å²) in [5.74, 6) is 0.0591. The molecule has 1 amide bonds. The zero-order valence-corrected chi connectivity index (χ0v) is 13.1. The normalized spacial score (nSPS) is 10.9. The van der Waals surface area contributed by atoms with Gasteiger partial charge in [-0.05, 0) is 24.1 Å². The number of primary amides is 1. The topological polar surface area (TPSA) is 109 Å². The Labute approximate surface area is 132 Å². The van der Waals surface area contributed by atoms with Crippen LogP contribution >= 0.6 is 0 Å². The molecule has 0 fully saturated rings. The molecule has 7 heteroatoms. The van der Waals surface area contributed by atoms with Gasteiger partial charge in [-0.1, -0.05) is 12.1 Å². The number of hydrogen-bond donors (Lipinski definition) is 2. The molecule has 2 heterocycles. The van der Waals surface area contributed by atoms with Crippen LogP contribution in [0.25, 0.3) is 22.2 Å². The van der Waals surface area contributed by atoms with Gasteiger partial charge in [-0.25, -0.2) is 4.98 Å². The zero-order chi connectivity index (χ0) is 16.7. The van der Waals surface area contributed by atoms with E-state index in [-0.39, 0.29) is 11.4 Å². The predicted molar refractivity (Wildman–Crippen MR) is 88.2 cm³/mol. The van der Waals surface area contributed by atoms with Crippen molar-refractivity contribution in [1.29, 1.82) is 0 Å². The standard InChI is InChI=1S/C16H17N5O2/c1-8-9(5-4-6-11(8)23-3)12-10-7-19-21(2)16(10)20-14(13(12)17)15(18)22/h4-7H,17H2,1-3H3,(H2,18,22). The molecule has 0 aliphatic heterocycles. The second-order valence-electron chi connectivity index (χ2n) is 5.25. The first kappa shape index (κ1) is 14.8. The number of aryl methyl sites for hydroxylation is 1. The van der Waals surface area contributed by atoms with Crippen molar-refractivity contribution in [2.45, 2.75) is 6.92 Å². The van der Waals surface area contributed by atoms with E-state index in [1.165, 1.54) is 0 Å². The number of fused-ring (bicyclic) bond motifs is 1. The van der Waals surface area contributed by atoms with Gasteiger partial charge in [0.25, 0.3) is 5.91 Å². The van der Waals surface area contributed by atoms with Crippen LogP contribution in [0.4, 0.5) is 5.69 Å². The van der Waals surface area contributed by atoms with Crippen molar-refractivity contribution >= 4 is 22.6 Å². The minimum Gasteiger partial charge on any atom is -0.496 e. The Hall–Kier alpha value is -3.09. The largest absolute Gasteiger partial charge is 0.496 e. The summed E-state index contributed by atoms with van der Waals surface area (Å²) < 4.78 is 6.96. The summed E-state index contributed by atoms with van der Waals surface area (Å²) in [4.78, 5) is 16.0. The van der Waals surface area contributed by atoms with Crippen LogP contribution in [0.15, 0.2) is 24.4 Å². The number of pyridine rings is 1. The van der Waals surface area contributed by atoms with Crippen LogP contribution in [0.3, 0.4) is 0 Å². The average Bonchev–Trinajstić information content (AvgIpc) is 2.88. The molecule has 118 valence electrons. The molecule has 0 unspecified atom stereocenters. The molecule has 0 saturated carbocycles. The van der Waals surface area contributed by atoms with E-state index in [9.17, 15) is 4.79 Å². The van der Waals surface area contributed by atoms with Gasteiger partial charge in [0.15, 0.2) is 11.3 Å². The number of nitrogen functional groups attached to an aromatic ring is 1. The quantitative estimate of drug-likeness (QED) is 0.764. The highest BCUT2D eigenvalue weighted by atomic mass is 16.5. The van der Waals surface area contributed by atoms with Gasteiger partial charge in [-0.3, -0.25) is 9.48 Å². The van der Waals surface area contributed by atoms with Crippen LogP contribution in [0.1, 0.15) is 16.1 Å². The number of hydrogen-bond acceptors (Lipinski definition) is 5. The SMILES string of the molecule is COc1cccc(-c2c(N)c(C(N)=O)nc3c2cnn3C)c1C. The fourth-order valence-corrected chi connectivity index (χ4v) is 2.75. The van der Waals surface area contributed by atoms with E-state index < -0.39 is 5.91 Å². The van der Waals surface area contributed by atoms with Crippen LogP contribution in [0.2, 0.25) is 0 Å². The first-order valence-corrected chi connectivity index (χ1v) is 7.00. The van der Waals surface area contributed by atoms with Crippen molar-refractivity contribution in [3.05, 3.63) is 35.7 Å². The summed E-state index contributed by atoms with van der Waals surface area (Å²) in [6.07, 6.45) is 1.68. The summed E-state index contributed by atoms with van der Waals surface area (Å²) in [6.45, 7) is 1.93. The number of anilines is 1. The molecule has 2 aromatic heterocycles. The molecule has 0 aliphatic rings. The summed E-state index contributed by atoms with van der Waals surface area (Å²) in [7, 11) is 3.36. The molecule has 0 radical (unpaired) electrons. The van der Waals surface area contributed by atoms with Crippen molar-refractivity contribution in [3.63, 3.8) is 0 Å². The number of nitrogens with two attached hydrogens (primary N) is 2. The maximum absolute atomic E-state index is 11.7. The second kappa shape index (κ2) is 5.28. The zero-order valence-electron chi connectivity index (χ0n) is 13.1. The molecule has 0 bridgehead atoms. The fraction of sp³-hybridized carbons (Fsp3) is 0.188. The Morgan fingerprint density at radius 1 is 1.35 bits per heavy atom. The molecule has 4 N–H and O–H groups in total. The van der Waals surface area contributed by atoms with Crippen molar-refractivity contribution in [2.24, 2.45) is 12.8 Å². The van der Waals surface area contributed by atoms with Gasteiger partial charge in [-0.2, -0.15) is 5.10 Å². The third kappa shape index (κ3) is 2.17. The van der Waals surface area contributed by atoms with E-state index in [1.807, 2.05) is 25.1 Å². The summed E-state index contributed by atoms with van der Waals surface area (Å²) >= 11 is 0. The second-order valence-corrected chi connectivity index (χ2v) is 5.25. The van der Waals surface area contributed by atoms with Crippen molar-refractivity contribution in [1.82, 2.24) is 14.8 Å². The summed E-state index contributed by atoms with van der Waals surface area (Å²) in [5.41, 5.74) is 14.9. The highest BCUT2D eigenvalue weighted by molar-refractivity contribution is 6.08. The van der Waals surface area contributed by atoms with E-state index in [1.54, 1.807) is 25.0 Å². The monoisotopic (exact) mass is 311 g/mol. The van der Waals surface area contributed by atoms with E-state index in [0.29, 0.717) is 11.2 Å². The average molecular weight is 311 g/mol. The Morgan fingerprint density at radius 2 is 2.09 bits per heavy atom. The molecule has 0 atom stereocenters. The number of aromatic nitrogens is 3. The minimum atomic E-state index is -0.674. The summed E-state index contributed by atoms with van der Waals surface area (Å²) in [6, 6.07) is 5.65. The Kier molecular flexibility index (Phi) is 3.40. The lowest BCUT2D eigenvalue weighted by Crippen LogP contribution is -2.17. The Balaban J connectivity index is 2.46. The number of ether oxygens (including phenoxy) is 1. The first-order chi connectivity index (χ1) is 11.0. The van der Waals surface area contributed by atoms with Gasteiger partial charge >= 0.3 is 0 Å². The number of rotatable bonds is 3. The Morgan fingerprint density at radius 3 is 2.74 bits per heavy atom. The Bertz CT molecular complexity index is 930. The van der Waals surface area contributed by atoms with Gasteiger partial charge in [-0.15, -0.1) is 0 Å². The van der Waals surface area contributed by atoms with Crippen LogP contribution in [-0.2, 0) is 7.05 Å². The van der Waals surface area contributed by atoms with E-state index in [4.69, 9.17) is 16.2 Å². The van der Waals surface area contributed by atoms with Gasteiger partial charge in [0, 0.05) is 18.0 Å². The van der Waals surface area contributed by atoms with E-state index >= 15 is 0 Å². The summed E-state index contributed by atoms with van der Waals surface area (Å²) in [5, 5.41) is 4.97. The molecule has 7 nitrogen and oxygen atoms in total. The molecule has 3 rings (SSSR count). The molecule has 0 aliphatic carbocycles. The number of amides is 1. The van der Waals surface area contributed by atoms with Crippen LogP contribution in [-0.4, -0.2) is 27.8 Å². The van der Waals surface area contributed by atoms with Crippen molar-refractivity contribution in [3.8, 4) is 16.9 Å². The highest BCUT2D eigenvalue weighted by Gasteiger charge is 2.21. The third-order valence-electron chi connectivity index (χ3n) is 3.93. The van der Waals surface area contributed by atoms with Gasteiger partial charge in [0.05, 0.1) is 19.0 Å². The fourth-order valence-electron chi connectivity index (χ4n) is 2.75. The molecule has 3 aromatic rings. The van der Waals surface area contributed by atoms with Crippen LogP contribution in [0, 0.1) is 6.92 Å². The van der Waals surface area contributed by atoms with E-state index in [0.717, 1.165) is 22.3 Å². The smallest absolute Gasteiger partial charge is 0.269 e. The minimum absolute atomic E-state index is 0.0401. The maximum Gasteiger partial charge on any atom is 0.269 e. The van der Waals surface area contributed by atoms with Gasteiger partial charge in [0.2, 0.25) is 0 Å². The van der Waals surface area contributed by atoms with Crippen LogP contribution < -0.4 is 16.2 Å². The number of methoxy groups -OCH3 is 1. The van der Waals surface area contributed by atoms with Crippen LogP contribution in [0.5, 0.6) is 5.75 Å². The predicted octanol–water partition coefficient (Wildman–Crippen LogP) is 1.63. The lowest BCUT2D eigenvalue weighted by atomic mass is 9.95. The van der Waals surface area contributed by atoms with Gasteiger partial charge in [0.1, 0.15) is 5.75 Å². The molecular formula is C16H17N5O2. The third-order valence-corrected chi connectivity index (χ3v) is 3.93. The van der Waals surface area contributed by atoms with Crippen molar-refractivity contribution < 1.29 is 9.53 Å². The van der Waals surface area contributed by atoms with Crippen molar-refractivity contribution in [2.75, 3.05) is 12.8 Å². The number of carbonyl (C=O) groups excluding carboxylic acids is 1. The van der Waals surface area contributed by atoms with Gasteiger partial charge < -0.3 is 16.2 Å². The molecule has 1 aromatic carbocycles. The molecular weight excluding hydrogens is 294 g/mol. The maximum atomic E-state index is 11.7.